The molecular weight excluding hydrogens is 815 g/mol. The van der Waals surface area contributed by atoms with E-state index in [-0.39, 0.29) is 58.0 Å². The molecule has 9 rings (SSSR count). The number of aliphatic hydroxyl groups is 3. The number of aromatic hydroxyl groups is 3. The van der Waals surface area contributed by atoms with Gasteiger partial charge in [-0.2, -0.15) is 0 Å². The summed E-state index contributed by atoms with van der Waals surface area (Å²) in [6.07, 6.45) is 2.10. The number of phenols is 3. The Morgan fingerprint density at radius 2 is 1.71 bits per heavy atom. The molecule has 11 atom stereocenters. The van der Waals surface area contributed by atoms with E-state index >= 15 is 0 Å². The Morgan fingerprint density at radius 1 is 0.968 bits per heavy atom. The number of benzene rings is 3. The number of fused-ring (bicyclic) bond motifs is 8. The van der Waals surface area contributed by atoms with E-state index < -0.39 is 89.6 Å². The van der Waals surface area contributed by atoms with Gasteiger partial charge in [-0.25, -0.2) is 4.79 Å². The van der Waals surface area contributed by atoms with Crippen LogP contribution in [0.5, 0.6) is 23.0 Å². The summed E-state index contributed by atoms with van der Waals surface area (Å²) in [6.45, 7) is 4.79. The maximum absolute atomic E-state index is 13.7. The molecule has 63 heavy (non-hydrogen) atoms. The predicted molar refractivity (Wildman–Crippen MR) is 225 cm³/mol. The molecule has 3 aromatic rings. The number of Topliss-reactive ketones (excluding diaryl/α,β-unsaturated/α-hetero) is 1. The van der Waals surface area contributed by atoms with E-state index in [1.165, 1.54) is 42.9 Å². The van der Waals surface area contributed by atoms with E-state index in [4.69, 9.17) is 18.9 Å². The van der Waals surface area contributed by atoms with Crippen LogP contribution in [0.25, 0.3) is 0 Å². The molecule has 0 bridgehead atoms. The molecule has 3 fully saturated rings. The summed E-state index contributed by atoms with van der Waals surface area (Å²) in [5, 5.41) is 66.3. The molecule has 1 saturated heterocycles. The Kier molecular flexibility index (Phi) is 11.9. The Bertz CT molecular complexity index is 2330. The van der Waals surface area contributed by atoms with Crippen LogP contribution in [-0.4, -0.2) is 105 Å². The first-order valence-electron chi connectivity index (χ1n) is 21.9. The topological polar surface area (TPSA) is 239 Å². The normalized spacial score (nSPS) is 32.6. The van der Waals surface area contributed by atoms with E-state index in [1.807, 2.05) is 12.1 Å². The van der Waals surface area contributed by atoms with Crippen LogP contribution >= 0.6 is 0 Å². The van der Waals surface area contributed by atoms with E-state index in [1.54, 1.807) is 20.9 Å². The minimum atomic E-state index is -2.21. The number of carbonyl (C=O) groups excluding carboxylic acids is 4. The first kappa shape index (κ1) is 44.5. The lowest BCUT2D eigenvalue weighted by atomic mass is 9.55. The number of phenolic OH excluding ortho intramolecular Hbond substituents is 3. The average Bonchev–Trinajstić information content (AvgIpc) is 3.60. The van der Waals surface area contributed by atoms with Crippen LogP contribution < -0.4 is 10.1 Å². The van der Waals surface area contributed by atoms with Crippen molar-refractivity contribution >= 4 is 23.4 Å². The number of carbonyl (C=O) groups is 4. The van der Waals surface area contributed by atoms with E-state index in [0.29, 0.717) is 23.5 Å². The zero-order valence-electron chi connectivity index (χ0n) is 36.2. The van der Waals surface area contributed by atoms with Crippen LogP contribution in [0.15, 0.2) is 36.4 Å². The van der Waals surface area contributed by atoms with Gasteiger partial charge < -0.3 is 54.9 Å². The van der Waals surface area contributed by atoms with Crippen LogP contribution in [0.1, 0.15) is 132 Å². The zero-order valence-corrected chi connectivity index (χ0v) is 36.2. The standard InChI is InChI=1S/C28H30O11.C20H27NO3/c1-11-7-18(38-12(2)23(11)31)39-16-9-28(36,17(30)10-29)8-14-20(16)27(35)22-21(25(14)33)24(32)13-5-4-6-15(37-3)19(13)26(22)34;1-20-10-9-15-14-6-4-13(22)11-12(14)3-5-16(15)17(20)7-8-18(20)24-19(23)21-2/h4-6,11-12,16,18,23,29,31,33,35-36H,7-10H2,1-3H3;4,6,11,15-18,22H,3,5,7-10H2,1-2H3,(H,21,23)/t11?,12-,16-,18-,23-,28-;15?,16-,17?,18?,20?/m00/s1. The smallest absolute Gasteiger partial charge is 0.407 e. The van der Waals surface area contributed by atoms with Gasteiger partial charge in [-0.05, 0) is 98.4 Å². The van der Waals surface area contributed by atoms with E-state index in [2.05, 4.69) is 18.3 Å². The summed E-state index contributed by atoms with van der Waals surface area (Å²) >= 11 is 0. The zero-order chi connectivity index (χ0) is 45.3. The molecule has 338 valence electrons. The second-order valence-electron chi connectivity index (χ2n) is 18.5. The number of nitrogens with one attached hydrogen (secondary N) is 1. The third-order valence-corrected chi connectivity index (χ3v) is 15.1. The van der Waals surface area contributed by atoms with Gasteiger partial charge in [0.2, 0.25) is 5.78 Å². The fourth-order valence-corrected chi connectivity index (χ4v) is 11.8. The summed E-state index contributed by atoms with van der Waals surface area (Å²) in [6, 6.07) is 10.3. The van der Waals surface area contributed by atoms with Crippen molar-refractivity contribution in [2.24, 2.45) is 23.2 Å². The number of alkyl carbamates (subject to hydrolysis) is 1. The third kappa shape index (κ3) is 7.44. The lowest BCUT2D eigenvalue weighted by Gasteiger charge is -2.50. The van der Waals surface area contributed by atoms with Gasteiger partial charge in [0.1, 0.15) is 41.3 Å². The quantitative estimate of drug-likeness (QED) is 0.122. The van der Waals surface area contributed by atoms with Crippen LogP contribution in [0.2, 0.25) is 0 Å². The van der Waals surface area contributed by atoms with Crippen molar-refractivity contribution in [3.05, 3.63) is 80.9 Å². The van der Waals surface area contributed by atoms with Gasteiger partial charge in [-0.3, -0.25) is 14.4 Å². The van der Waals surface area contributed by atoms with Crippen LogP contribution in [0.4, 0.5) is 4.79 Å². The highest BCUT2D eigenvalue weighted by Gasteiger charge is 2.56. The minimum absolute atomic E-state index is 0.0380. The van der Waals surface area contributed by atoms with Crippen molar-refractivity contribution in [3.8, 4) is 23.0 Å². The molecule has 15 heteroatoms. The van der Waals surface area contributed by atoms with Crippen molar-refractivity contribution in [3.63, 3.8) is 0 Å². The van der Waals surface area contributed by atoms with E-state index in [9.17, 15) is 49.8 Å². The highest BCUT2D eigenvalue weighted by molar-refractivity contribution is 6.31. The molecule has 1 heterocycles. The number of ether oxygens (including phenoxy) is 4. The molecule has 6 aliphatic rings. The number of amides is 1. The number of hydrogen-bond donors (Lipinski definition) is 7. The minimum Gasteiger partial charge on any atom is -0.508 e. The number of rotatable bonds is 6. The first-order valence-corrected chi connectivity index (χ1v) is 21.9. The van der Waals surface area contributed by atoms with Crippen molar-refractivity contribution in [2.45, 2.75) is 121 Å². The lowest BCUT2D eigenvalue weighted by Crippen LogP contribution is -2.49. The van der Waals surface area contributed by atoms with Crippen LogP contribution in [-0.2, 0) is 31.8 Å². The molecule has 1 aliphatic heterocycles. The molecule has 5 aliphatic carbocycles. The first-order chi connectivity index (χ1) is 30.0. The fourth-order valence-electron chi connectivity index (χ4n) is 11.8. The largest absolute Gasteiger partial charge is 0.508 e. The van der Waals surface area contributed by atoms with Gasteiger partial charge >= 0.3 is 6.09 Å². The number of methoxy groups -OCH3 is 1. The number of ketones is 3. The Labute approximate surface area is 365 Å². The Morgan fingerprint density at radius 3 is 2.41 bits per heavy atom. The summed E-state index contributed by atoms with van der Waals surface area (Å²) < 4.78 is 22.9. The highest BCUT2D eigenvalue weighted by Crippen LogP contribution is 2.62. The highest BCUT2D eigenvalue weighted by atomic mass is 16.7. The van der Waals surface area contributed by atoms with Gasteiger partial charge in [-0.1, -0.05) is 32.0 Å². The summed E-state index contributed by atoms with van der Waals surface area (Å²) in [7, 11) is 2.96. The molecule has 3 aromatic carbocycles. The summed E-state index contributed by atoms with van der Waals surface area (Å²) in [5.41, 5.74) is -0.562. The van der Waals surface area contributed by atoms with Gasteiger partial charge in [0.25, 0.3) is 0 Å². The monoisotopic (exact) mass is 871 g/mol. The van der Waals surface area contributed by atoms with Crippen molar-refractivity contribution < 1.29 is 68.8 Å². The van der Waals surface area contributed by atoms with Crippen molar-refractivity contribution in [1.82, 2.24) is 5.32 Å². The Hall–Kier alpha value is -5.06. The maximum Gasteiger partial charge on any atom is 0.407 e. The average molecular weight is 872 g/mol. The fraction of sp³-hybridized carbons (Fsp3) is 0.542. The second-order valence-corrected chi connectivity index (χ2v) is 18.5. The number of hydrogen-bond acceptors (Lipinski definition) is 14. The molecular formula is C48H57NO14. The van der Waals surface area contributed by atoms with Gasteiger partial charge in [0, 0.05) is 48.4 Å². The van der Waals surface area contributed by atoms with Crippen molar-refractivity contribution in [2.75, 3.05) is 20.8 Å². The van der Waals surface area contributed by atoms with Gasteiger partial charge in [0.05, 0.1) is 42.1 Å². The van der Waals surface area contributed by atoms with Gasteiger partial charge in [0.15, 0.2) is 17.9 Å². The number of aryl methyl sites for hydroxylation is 1. The SMILES string of the molecule is CNC(=O)OC1CCC2[C@H]3CCc4cc(O)ccc4C3CCC12C.COc1cccc2c1C(=O)c1c(O)c3c(c(O)c1C2=O)C[C@@](O)(C(=O)CO)C[C@@H]3O[C@H]1CC(C)[C@H](O)[C@H](C)O1. The molecule has 0 aromatic heterocycles. The molecule has 1 amide bonds. The third-order valence-electron chi connectivity index (χ3n) is 15.1. The molecule has 15 nitrogen and oxygen atoms in total. The van der Waals surface area contributed by atoms with Gasteiger partial charge in [-0.15, -0.1) is 0 Å². The molecule has 2 saturated carbocycles. The molecule has 7 N–H and O–H groups in total. The molecule has 5 unspecified atom stereocenters. The summed E-state index contributed by atoms with van der Waals surface area (Å²) in [4.78, 5) is 51.5. The van der Waals surface area contributed by atoms with Crippen molar-refractivity contribution in [1.29, 1.82) is 0 Å². The number of aliphatic hydroxyl groups excluding tert-OH is 2. The molecule has 0 spiro atoms. The lowest BCUT2D eigenvalue weighted by molar-refractivity contribution is -0.255. The molecule has 0 radical (unpaired) electrons. The summed E-state index contributed by atoms with van der Waals surface area (Å²) in [5.74, 6) is -1.57. The van der Waals surface area contributed by atoms with E-state index in [0.717, 1.165) is 32.1 Å². The Balaban J connectivity index is 0.000000193. The predicted octanol–water partition coefficient (Wildman–Crippen LogP) is 5.28. The maximum atomic E-state index is 13.7. The second kappa shape index (κ2) is 16.8. The van der Waals surface area contributed by atoms with Crippen LogP contribution in [0.3, 0.4) is 0 Å². The van der Waals surface area contributed by atoms with Crippen LogP contribution in [0, 0.1) is 23.2 Å².